The standard InChI is InChI=1S/C13H18N6O/c1-3-11-5-6-15-12(9-11)19-13(16-17-18-19)10-14-7-8-20-4-2/h4-6,9,14H,2-3,7-8,10H2,1H3. The Balaban J connectivity index is 2.02. The normalized spacial score (nSPS) is 10.4. The van der Waals surface area contributed by atoms with Crippen LogP contribution in [-0.4, -0.2) is 38.3 Å². The SMILES string of the molecule is C=COCCNCc1nnnn1-c1cc(CC)ccn1. The van der Waals surface area contributed by atoms with Crippen LogP contribution in [0.5, 0.6) is 0 Å². The molecule has 0 aliphatic carbocycles. The van der Waals surface area contributed by atoms with Gasteiger partial charge in [0.25, 0.3) is 0 Å². The van der Waals surface area contributed by atoms with Gasteiger partial charge in [-0.2, -0.15) is 4.68 Å². The number of aryl methyl sites for hydroxylation is 1. The molecule has 0 spiro atoms. The van der Waals surface area contributed by atoms with Gasteiger partial charge in [-0.25, -0.2) is 4.98 Å². The predicted molar refractivity (Wildman–Crippen MR) is 74.2 cm³/mol. The molecule has 0 saturated heterocycles. The van der Waals surface area contributed by atoms with Crippen LogP contribution in [0.4, 0.5) is 0 Å². The molecule has 2 rings (SSSR count). The zero-order valence-electron chi connectivity index (χ0n) is 11.5. The minimum absolute atomic E-state index is 0.547. The van der Waals surface area contributed by atoms with Crippen LogP contribution in [0.15, 0.2) is 31.2 Å². The number of nitrogens with zero attached hydrogens (tertiary/aromatic N) is 5. The van der Waals surface area contributed by atoms with E-state index in [0.717, 1.165) is 12.2 Å². The third-order valence-corrected chi connectivity index (χ3v) is 2.77. The molecule has 2 aromatic heterocycles. The molecular weight excluding hydrogens is 256 g/mol. The Morgan fingerprint density at radius 2 is 2.40 bits per heavy atom. The molecule has 0 aromatic carbocycles. The fraction of sp³-hybridized carbons (Fsp3) is 0.385. The van der Waals surface area contributed by atoms with Crippen molar-refractivity contribution in [1.29, 1.82) is 0 Å². The Hall–Kier alpha value is -2.28. The monoisotopic (exact) mass is 274 g/mol. The van der Waals surface area contributed by atoms with Gasteiger partial charge in [-0.3, -0.25) is 0 Å². The molecule has 0 unspecified atom stereocenters. The van der Waals surface area contributed by atoms with Gasteiger partial charge in [0, 0.05) is 12.7 Å². The van der Waals surface area contributed by atoms with Crippen LogP contribution < -0.4 is 5.32 Å². The molecule has 0 saturated carbocycles. The number of hydrogen-bond donors (Lipinski definition) is 1. The highest BCUT2D eigenvalue weighted by Gasteiger charge is 2.09. The first-order chi connectivity index (χ1) is 9.85. The van der Waals surface area contributed by atoms with Crippen LogP contribution in [0.3, 0.4) is 0 Å². The number of rotatable bonds is 8. The number of nitrogens with one attached hydrogen (secondary N) is 1. The fourth-order valence-electron chi connectivity index (χ4n) is 1.70. The summed E-state index contributed by atoms with van der Waals surface area (Å²) in [6.07, 6.45) is 4.14. The van der Waals surface area contributed by atoms with Crippen molar-refractivity contribution in [1.82, 2.24) is 30.5 Å². The van der Waals surface area contributed by atoms with E-state index in [2.05, 4.69) is 39.3 Å². The van der Waals surface area contributed by atoms with Crippen molar-refractivity contribution in [2.75, 3.05) is 13.2 Å². The summed E-state index contributed by atoms with van der Waals surface area (Å²) in [5, 5.41) is 14.9. The molecule has 0 amide bonds. The molecule has 0 atom stereocenters. The molecule has 7 nitrogen and oxygen atoms in total. The zero-order valence-corrected chi connectivity index (χ0v) is 11.5. The first-order valence-corrected chi connectivity index (χ1v) is 6.51. The van der Waals surface area contributed by atoms with Gasteiger partial charge in [-0.15, -0.1) is 5.10 Å². The van der Waals surface area contributed by atoms with E-state index in [1.54, 1.807) is 10.9 Å². The lowest BCUT2D eigenvalue weighted by Crippen LogP contribution is -2.21. The van der Waals surface area contributed by atoms with Crippen LogP contribution in [-0.2, 0) is 17.7 Å². The molecular formula is C13H18N6O. The van der Waals surface area contributed by atoms with Crippen molar-refractivity contribution < 1.29 is 4.74 Å². The lowest BCUT2D eigenvalue weighted by Gasteiger charge is -2.06. The van der Waals surface area contributed by atoms with Crippen molar-refractivity contribution >= 4 is 0 Å². The Labute approximate surface area is 117 Å². The number of hydrogen-bond acceptors (Lipinski definition) is 6. The number of tetrazole rings is 1. The molecule has 0 aliphatic rings. The van der Waals surface area contributed by atoms with Gasteiger partial charge < -0.3 is 10.1 Å². The first-order valence-electron chi connectivity index (χ1n) is 6.51. The second-order valence-electron chi connectivity index (χ2n) is 4.10. The quantitative estimate of drug-likeness (QED) is 0.568. The van der Waals surface area contributed by atoms with Crippen LogP contribution in [0.1, 0.15) is 18.3 Å². The Kier molecular flexibility index (Phi) is 5.19. The summed E-state index contributed by atoms with van der Waals surface area (Å²) in [6, 6.07) is 3.97. The predicted octanol–water partition coefficient (Wildman–Crippen LogP) is 0.869. The molecule has 1 N–H and O–H groups in total. The summed E-state index contributed by atoms with van der Waals surface area (Å²) in [5.74, 6) is 1.44. The summed E-state index contributed by atoms with van der Waals surface area (Å²) in [6.45, 7) is 7.39. The van der Waals surface area contributed by atoms with E-state index >= 15 is 0 Å². The Morgan fingerprint density at radius 3 is 3.20 bits per heavy atom. The zero-order chi connectivity index (χ0) is 14.2. The topological polar surface area (TPSA) is 77.8 Å². The minimum atomic E-state index is 0.547. The fourth-order valence-corrected chi connectivity index (χ4v) is 1.70. The van der Waals surface area contributed by atoms with Gasteiger partial charge in [0.2, 0.25) is 0 Å². The van der Waals surface area contributed by atoms with E-state index < -0.39 is 0 Å². The molecule has 2 aromatic rings. The Morgan fingerprint density at radius 1 is 1.50 bits per heavy atom. The molecule has 20 heavy (non-hydrogen) atoms. The lowest BCUT2D eigenvalue weighted by atomic mass is 10.2. The van der Waals surface area contributed by atoms with Crippen molar-refractivity contribution in [2.24, 2.45) is 0 Å². The molecule has 2 heterocycles. The third kappa shape index (κ3) is 3.61. The minimum Gasteiger partial charge on any atom is -0.500 e. The molecule has 0 bridgehead atoms. The van der Waals surface area contributed by atoms with Gasteiger partial charge in [-0.05, 0) is 34.5 Å². The van der Waals surface area contributed by atoms with Crippen LogP contribution in [0.25, 0.3) is 5.82 Å². The van der Waals surface area contributed by atoms with E-state index in [-0.39, 0.29) is 0 Å². The summed E-state index contributed by atoms with van der Waals surface area (Å²) >= 11 is 0. The van der Waals surface area contributed by atoms with E-state index in [4.69, 9.17) is 4.74 Å². The highest BCUT2D eigenvalue weighted by atomic mass is 16.5. The van der Waals surface area contributed by atoms with Crippen LogP contribution in [0, 0.1) is 0 Å². The van der Waals surface area contributed by atoms with Crippen molar-refractivity contribution in [2.45, 2.75) is 19.9 Å². The van der Waals surface area contributed by atoms with E-state index in [1.807, 2.05) is 12.1 Å². The molecule has 106 valence electrons. The van der Waals surface area contributed by atoms with Gasteiger partial charge in [0.05, 0.1) is 19.4 Å². The summed E-state index contributed by atoms with van der Waals surface area (Å²) in [7, 11) is 0. The van der Waals surface area contributed by atoms with Crippen LogP contribution in [0.2, 0.25) is 0 Å². The highest BCUT2D eigenvalue weighted by Crippen LogP contribution is 2.08. The molecule has 0 radical (unpaired) electrons. The lowest BCUT2D eigenvalue weighted by molar-refractivity contribution is 0.249. The average molecular weight is 274 g/mol. The average Bonchev–Trinajstić information content (AvgIpc) is 2.95. The maximum atomic E-state index is 5.03. The second-order valence-corrected chi connectivity index (χ2v) is 4.10. The van der Waals surface area contributed by atoms with E-state index in [9.17, 15) is 0 Å². The first kappa shape index (κ1) is 14.1. The Bertz CT molecular complexity index is 553. The third-order valence-electron chi connectivity index (χ3n) is 2.77. The molecule has 0 fully saturated rings. The summed E-state index contributed by atoms with van der Waals surface area (Å²) < 4.78 is 6.67. The van der Waals surface area contributed by atoms with Gasteiger partial charge >= 0.3 is 0 Å². The van der Waals surface area contributed by atoms with E-state index in [0.29, 0.717) is 25.5 Å². The number of pyridine rings is 1. The molecule has 7 heteroatoms. The summed E-state index contributed by atoms with van der Waals surface area (Å²) in [4.78, 5) is 4.30. The smallest absolute Gasteiger partial charge is 0.172 e. The maximum Gasteiger partial charge on any atom is 0.172 e. The highest BCUT2D eigenvalue weighted by molar-refractivity contribution is 5.27. The van der Waals surface area contributed by atoms with E-state index in [1.165, 1.54) is 11.8 Å². The van der Waals surface area contributed by atoms with Crippen molar-refractivity contribution in [3.63, 3.8) is 0 Å². The number of ether oxygens (including phenoxy) is 1. The van der Waals surface area contributed by atoms with Gasteiger partial charge in [0.15, 0.2) is 11.6 Å². The van der Waals surface area contributed by atoms with Crippen LogP contribution >= 0.6 is 0 Å². The van der Waals surface area contributed by atoms with Gasteiger partial charge in [-0.1, -0.05) is 13.5 Å². The van der Waals surface area contributed by atoms with Gasteiger partial charge in [0.1, 0.15) is 0 Å². The van der Waals surface area contributed by atoms with Crippen molar-refractivity contribution in [3.05, 3.63) is 42.6 Å². The number of aromatic nitrogens is 5. The van der Waals surface area contributed by atoms with Crippen molar-refractivity contribution in [3.8, 4) is 5.82 Å². The molecule has 0 aliphatic heterocycles. The largest absolute Gasteiger partial charge is 0.500 e. The second kappa shape index (κ2) is 7.34. The summed E-state index contributed by atoms with van der Waals surface area (Å²) in [5.41, 5.74) is 1.20. The maximum absolute atomic E-state index is 5.03.